The quantitative estimate of drug-likeness (QED) is 0.182. The van der Waals surface area contributed by atoms with Crippen molar-refractivity contribution in [3.05, 3.63) is 36.0 Å². The largest absolute Gasteiger partial charge is 0.480 e. The number of carbonyl (C=O) groups excluding carboxylic acids is 3. The molecule has 5 atom stereocenters. The molecular formula is C26H39N5O5S. The molecule has 11 heteroatoms. The number of nitrogens with two attached hydrogens (primary N) is 1. The van der Waals surface area contributed by atoms with Gasteiger partial charge in [-0.3, -0.25) is 14.4 Å². The number of nitrogens with one attached hydrogen (secondary N) is 4. The lowest BCUT2D eigenvalue weighted by Gasteiger charge is -2.27. The molecule has 0 saturated heterocycles. The van der Waals surface area contributed by atoms with Gasteiger partial charge in [0, 0.05) is 22.9 Å². The molecule has 0 spiro atoms. The van der Waals surface area contributed by atoms with Gasteiger partial charge in [0.15, 0.2) is 0 Å². The van der Waals surface area contributed by atoms with Gasteiger partial charge >= 0.3 is 5.97 Å². The van der Waals surface area contributed by atoms with Crippen LogP contribution in [0.25, 0.3) is 10.9 Å². The van der Waals surface area contributed by atoms with Gasteiger partial charge in [-0.25, -0.2) is 4.79 Å². The Hall–Kier alpha value is -3.05. The number of H-pyrrole nitrogens is 1. The van der Waals surface area contributed by atoms with Crippen molar-refractivity contribution in [3.8, 4) is 0 Å². The number of carboxylic acid groups (broad SMARTS) is 1. The van der Waals surface area contributed by atoms with E-state index in [2.05, 4.69) is 33.6 Å². The molecule has 1 aromatic carbocycles. The predicted octanol–water partition coefficient (Wildman–Crippen LogP) is 1.60. The third kappa shape index (κ3) is 8.50. The Labute approximate surface area is 222 Å². The molecule has 0 saturated carbocycles. The summed E-state index contributed by atoms with van der Waals surface area (Å²) in [6, 6.07) is 3.71. The van der Waals surface area contributed by atoms with E-state index < -0.39 is 47.9 Å². The standard InChI is InChI=1S/C26H39N5O5S/c1-5-15(4)22(25(34)30-21(13-37)24(33)29-20(26(35)36)10-14(2)3)31-23(32)18(27)11-16-12-28-19-9-7-6-8-17(16)19/h6-9,12,14-15,18,20-22,28,37H,5,10-11,13,27H2,1-4H3,(H,29,33)(H,30,34)(H,31,32)(H,35,36). The first kappa shape index (κ1) is 30.2. The maximum atomic E-state index is 13.2. The van der Waals surface area contributed by atoms with Gasteiger partial charge in [-0.15, -0.1) is 0 Å². The lowest BCUT2D eigenvalue weighted by molar-refractivity contribution is -0.142. The van der Waals surface area contributed by atoms with Crippen molar-refractivity contribution >= 4 is 47.2 Å². The van der Waals surface area contributed by atoms with E-state index in [0.717, 1.165) is 16.5 Å². The molecule has 0 aliphatic carbocycles. The highest BCUT2D eigenvalue weighted by atomic mass is 32.1. The van der Waals surface area contributed by atoms with E-state index in [9.17, 15) is 24.3 Å². The molecule has 1 heterocycles. The van der Waals surface area contributed by atoms with Gasteiger partial charge in [0.05, 0.1) is 6.04 Å². The number of hydrogen-bond acceptors (Lipinski definition) is 6. The molecule has 0 fully saturated rings. The van der Waals surface area contributed by atoms with Crippen LogP contribution in [0.4, 0.5) is 0 Å². The van der Waals surface area contributed by atoms with E-state index in [1.807, 2.05) is 58.2 Å². The second kappa shape index (κ2) is 14.0. The van der Waals surface area contributed by atoms with Gasteiger partial charge < -0.3 is 31.8 Å². The highest BCUT2D eigenvalue weighted by Crippen LogP contribution is 2.19. The first-order valence-electron chi connectivity index (χ1n) is 12.5. The van der Waals surface area contributed by atoms with Crippen molar-refractivity contribution < 1.29 is 24.3 Å². The number of aliphatic carboxylic acids is 1. The number of carbonyl (C=O) groups is 4. The van der Waals surface area contributed by atoms with Gasteiger partial charge in [0.1, 0.15) is 18.1 Å². The zero-order valence-corrected chi connectivity index (χ0v) is 22.7. The number of carboxylic acids is 1. The molecule has 10 nitrogen and oxygen atoms in total. The number of aromatic amines is 1. The Bertz CT molecular complexity index is 1090. The van der Waals surface area contributed by atoms with Crippen LogP contribution in [0.2, 0.25) is 0 Å². The maximum Gasteiger partial charge on any atom is 0.326 e. The van der Waals surface area contributed by atoms with Crippen LogP contribution in [0.3, 0.4) is 0 Å². The van der Waals surface area contributed by atoms with Crippen molar-refractivity contribution in [3.63, 3.8) is 0 Å². The topological polar surface area (TPSA) is 166 Å². The van der Waals surface area contributed by atoms with Crippen molar-refractivity contribution in [2.45, 2.75) is 71.1 Å². The molecule has 0 aliphatic rings. The predicted molar refractivity (Wildman–Crippen MR) is 146 cm³/mol. The number of amides is 3. The summed E-state index contributed by atoms with van der Waals surface area (Å²) < 4.78 is 0. The minimum absolute atomic E-state index is 0.0453. The molecule has 0 radical (unpaired) electrons. The van der Waals surface area contributed by atoms with Crippen molar-refractivity contribution in [1.82, 2.24) is 20.9 Å². The van der Waals surface area contributed by atoms with Crippen molar-refractivity contribution in [2.75, 3.05) is 5.75 Å². The molecule has 5 unspecified atom stereocenters. The molecule has 3 amide bonds. The Morgan fingerprint density at radius 3 is 2.24 bits per heavy atom. The van der Waals surface area contributed by atoms with Crippen molar-refractivity contribution in [1.29, 1.82) is 0 Å². The third-order valence-electron chi connectivity index (χ3n) is 6.38. The van der Waals surface area contributed by atoms with Crippen LogP contribution in [-0.4, -0.2) is 63.7 Å². The smallest absolute Gasteiger partial charge is 0.326 e. The number of aromatic nitrogens is 1. The summed E-state index contributed by atoms with van der Waals surface area (Å²) in [6.45, 7) is 7.40. The highest BCUT2D eigenvalue weighted by Gasteiger charge is 2.32. The van der Waals surface area contributed by atoms with E-state index in [0.29, 0.717) is 6.42 Å². The van der Waals surface area contributed by atoms with Gasteiger partial charge in [0.25, 0.3) is 0 Å². The highest BCUT2D eigenvalue weighted by molar-refractivity contribution is 7.80. The van der Waals surface area contributed by atoms with E-state index >= 15 is 0 Å². The minimum Gasteiger partial charge on any atom is -0.480 e. The van der Waals surface area contributed by atoms with E-state index in [1.165, 1.54) is 0 Å². The van der Waals surface area contributed by atoms with Crippen LogP contribution in [0.5, 0.6) is 0 Å². The average molecular weight is 534 g/mol. The number of benzene rings is 1. The average Bonchev–Trinajstić information content (AvgIpc) is 3.26. The van der Waals surface area contributed by atoms with Gasteiger partial charge in [0.2, 0.25) is 17.7 Å². The van der Waals surface area contributed by atoms with Crippen LogP contribution < -0.4 is 21.7 Å². The van der Waals surface area contributed by atoms with Crippen LogP contribution in [0.15, 0.2) is 30.5 Å². The summed E-state index contributed by atoms with van der Waals surface area (Å²) >= 11 is 4.16. The second-order valence-corrected chi connectivity index (χ2v) is 10.2. The van der Waals surface area contributed by atoms with E-state index in [1.54, 1.807) is 0 Å². The zero-order chi connectivity index (χ0) is 27.7. The van der Waals surface area contributed by atoms with E-state index in [4.69, 9.17) is 5.73 Å². The number of para-hydroxylation sites is 1. The second-order valence-electron chi connectivity index (χ2n) is 9.81. The number of rotatable bonds is 14. The normalized spacial score (nSPS) is 15.4. The molecule has 0 aliphatic heterocycles. The number of fused-ring (bicyclic) bond motifs is 1. The fourth-order valence-electron chi connectivity index (χ4n) is 4.01. The summed E-state index contributed by atoms with van der Waals surface area (Å²) in [7, 11) is 0. The lowest BCUT2D eigenvalue weighted by Crippen LogP contribution is -2.59. The first-order chi connectivity index (χ1) is 17.5. The molecular weight excluding hydrogens is 494 g/mol. The summed E-state index contributed by atoms with van der Waals surface area (Å²) in [4.78, 5) is 53.5. The van der Waals surface area contributed by atoms with E-state index in [-0.39, 0.29) is 30.4 Å². The van der Waals surface area contributed by atoms with Gasteiger partial charge in [-0.2, -0.15) is 12.6 Å². The molecule has 37 heavy (non-hydrogen) atoms. The fraction of sp³-hybridized carbons (Fsp3) is 0.538. The summed E-state index contributed by atoms with van der Waals surface area (Å²) in [5, 5.41) is 18.2. The Morgan fingerprint density at radius 2 is 1.65 bits per heavy atom. The van der Waals surface area contributed by atoms with Crippen LogP contribution in [0, 0.1) is 11.8 Å². The van der Waals surface area contributed by atoms with Crippen molar-refractivity contribution in [2.24, 2.45) is 17.6 Å². The van der Waals surface area contributed by atoms with Gasteiger partial charge in [-0.1, -0.05) is 52.3 Å². The Morgan fingerprint density at radius 1 is 1.00 bits per heavy atom. The van der Waals surface area contributed by atoms with Crippen LogP contribution >= 0.6 is 12.6 Å². The molecule has 7 N–H and O–H groups in total. The first-order valence-corrected chi connectivity index (χ1v) is 13.2. The molecule has 2 aromatic rings. The SMILES string of the molecule is CCC(C)C(NC(=O)C(N)Cc1c[nH]c2ccccc12)C(=O)NC(CS)C(=O)NC(CC(C)C)C(=O)O. The summed E-state index contributed by atoms with van der Waals surface area (Å²) in [6.07, 6.45) is 2.92. The number of hydrogen-bond donors (Lipinski definition) is 7. The number of thiol groups is 1. The molecule has 0 bridgehead atoms. The fourth-order valence-corrected chi connectivity index (χ4v) is 4.27. The summed E-state index contributed by atoms with van der Waals surface area (Å²) in [5.74, 6) is -3.11. The Kier molecular flexibility index (Phi) is 11.4. The minimum atomic E-state index is -1.15. The third-order valence-corrected chi connectivity index (χ3v) is 6.75. The molecule has 1 aromatic heterocycles. The molecule has 2 rings (SSSR count). The molecule has 204 valence electrons. The monoisotopic (exact) mass is 533 g/mol. The zero-order valence-electron chi connectivity index (χ0n) is 21.8. The lowest BCUT2D eigenvalue weighted by atomic mass is 9.97. The Balaban J connectivity index is 2.07. The van der Waals surface area contributed by atoms with Crippen LogP contribution in [0.1, 0.15) is 46.1 Å². The van der Waals surface area contributed by atoms with Crippen LogP contribution in [-0.2, 0) is 25.6 Å². The van der Waals surface area contributed by atoms with Gasteiger partial charge in [-0.05, 0) is 36.3 Å². The maximum absolute atomic E-state index is 13.2. The summed E-state index contributed by atoms with van der Waals surface area (Å²) in [5.41, 5.74) is 8.03.